The average molecular weight is 450 g/mol. The van der Waals surface area contributed by atoms with Crippen molar-refractivity contribution in [3.05, 3.63) is 125 Å². The SMILES string of the molecule is Fc1cc(Br)ccc1C[P+](c1ccccc1)(c1ccccc1)c1ccccc1. The van der Waals surface area contributed by atoms with Crippen LogP contribution in [-0.2, 0) is 6.16 Å². The Kier molecular flexibility index (Phi) is 5.71. The van der Waals surface area contributed by atoms with Gasteiger partial charge in [0.25, 0.3) is 0 Å². The molecule has 138 valence electrons. The predicted octanol–water partition coefficient (Wildman–Crippen LogP) is 6.08. The van der Waals surface area contributed by atoms with Gasteiger partial charge in [-0.3, -0.25) is 0 Å². The zero-order valence-electron chi connectivity index (χ0n) is 15.3. The van der Waals surface area contributed by atoms with E-state index in [1.165, 1.54) is 15.9 Å². The van der Waals surface area contributed by atoms with Gasteiger partial charge in [0.1, 0.15) is 35.2 Å². The van der Waals surface area contributed by atoms with Crippen molar-refractivity contribution in [3.63, 3.8) is 0 Å². The number of hydrogen-bond acceptors (Lipinski definition) is 0. The summed E-state index contributed by atoms with van der Waals surface area (Å²) in [7, 11) is -2.07. The highest BCUT2D eigenvalue weighted by Gasteiger charge is 2.45. The second-order valence-corrected chi connectivity index (χ2v) is 11.1. The van der Waals surface area contributed by atoms with E-state index in [9.17, 15) is 4.39 Å². The predicted molar refractivity (Wildman–Crippen MR) is 123 cm³/mol. The van der Waals surface area contributed by atoms with Crippen molar-refractivity contribution in [3.8, 4) is 0 Å². The zero-order chi connectivity index (χ0) is 19.4. The minimum Gasteiger partial charge on any atom is -0.207 e. The third kappa shape index (κ3) is 3.68. The second kappa shape index (κ2) is 8.39. The lowest BCUT2D eigenvalue weighted by atomic mass is 10.2. The van der Waals surface area contributed by atoms with Crippen molar-refractivity contribution in [2.24, 2.45) is 0 Å². The fourth-order valence-electron chi connectivity index (χ4n) is 3.67. The van der Waals surface area contributed by atoms with Gasteiger partial charge in [0.05, 0.1) is 0 Å². The van der Waals surface area contributed by atoms with Crippen molar-refractivity contribution in [1.82, 2.24) is 0 Å². The molecule has 0 radical (unpaired) electrons. The van der Waals surface area contributed by atoms with Crippen molar-refractivity contribution >= 4 is 39.1 Å². The van der Waals surface area contributed by atoms with Gasteiger partial charge >= 0.3 is 0 Å². The summed E-state index contributed by atoms with van der Waals surface area (Å²) in [5.41, 5.74) is 0.744. The fraction of sp³-hybridized carbons (Fsp3) is 0.0400. The molecule has 4 aromatic carbocycles. The van der Waals surface area contributed by atoms with Gasteiger partial charge in [0.2, 0.25) is 0 Å². The van der Waals surface area contributed by atoms with Gasteiger partial charge in [-0.15, -0.1) is 0 Å². The molecule has 4 rings (SSSR count). The summed E-state index contributed by atoms with van der Waals surface area (Å²) in [6.45, 7) is 0. The van der Waals surface area contributed by atoms with E-state index < -0.39 is 7.26 Å². The highest BCUT2D eigenvalue weighted by Crippen LogP contribution is 2.58. The maximum Gasteiger partial charge on any atom is 0.131 e. The van der Waals surface area contributed by atoms with E-state index in [1.807, 2.05) is 30.3 Å². The van der Waals surface area contributed by atoms with Crippen LogP contribution in [0.1, 0.15) is 5.56 Å². The molecule has 3 heteroatoms. The molecule has 0 bridgehead atoms. The van der Waals surface area contributed by atoms with Crippen LogP contribution in [0, 0.1) is 5.82 Å². The third-order valence-corrected chi connectivity index (χ3v) is 9.86. The fourth-order valence-corrected chi connectivity index (χ4v) is 8.26. The van der Waals surface area contributed by atoms with Crippen molar-refractivity contribution in [1.29, 1.82) is 0 Å². The highest BCUT2D eigenvalue weighted by atomic mass is 79.9. The van der Waals surface area contributed by atoms with E-state index in [0.717, 1.165) is 10.0 Å². The summed E-state index contributed by atoms with van der Waals surface area (Å²) in [5, 5.41) is 3.78. The summed E-state index contributed by atoms with van der Waals surface area (Å²) in [4.78, 5) is 0. The minimum atomic E-state index is -2.07. The highest BCUT2D eigenvalue weighted by molar-refractivity contribution is 9.10. The van der Waals surface area contributed by atoms with Crippen LogP contribution < -0.4 is 15.9 Å². The van der Waals surface area contributed by atoms with Gasteiger partial charge in [-0.1, -0.05) is 76.6 Å². The van der Waals surface area contributed by atoms with Crippen LogP contribution in [0.3, 0.4) is 0 Å². The van der Waals surface area contributed by atoms with E-state index in [0.29, 0.717) is 6.16 Å². The molecular formula is C25H20BrFP+. The molecule has 0 aromatic heterocycles. The van der Waals surface area contributed by atoms with E-state index in [-0.39, 0.29) is 5.82 Å². The summed E-state index contributed by atoms with van der Waals surface area (Å²) in [5.74, 6) is -0.165. The van der Waals surface area contributed by atoms with Gasteiger partial charge in [-0.2, -0.15) is 0 Å². The van der Waals surface area contributed by atoms with E-state index >= 15 is 0 Å². The van der Waals surface area contributed by atoms with Gasteiger partial charge in [-0.05, 0) is 48.5 Å². The van der Waals surface area contributed by atoms with Gasteiger partial charge < -0.3 is 0 Å². The molecule has 0 nitrogen and oxygen atoms in total. The molecule has 0 saturated heterocycles. The van der Waals surface area contributed by atoms with Crippen LogP contribution in [0.4, 0.5) is 4.39 Å². The molecule has 0 aliphatic carbocycles. The van der Waals surface area contributed by atoms with Crippen LogP contribution in [0.25, 0.3) is 0 Å². The van der Waals surface area contributed by atoms with Crippen molar-refractivity contribution in [2.45, 2.75) is 6.16 Å². The first-order valence-electron chi connectivity index (χ1n) is 9.19. The number of halogens is 2. The topological polar surface area (TPSA) is 0 Å². The first-order chi connectivity index (χ1) is 13.7. The molecule has 0 fully saturated rings. The van der Waals surface area contributed by atoms with Crippen molar-refractivity contribution < 1.29 is 4.39 Å². The number of rotatable bonds is 5. The Morgan fingerprint density at radius 2 is 1.04 bits per heavy atom. The molecule has 0 unspecified atom stereocenters. The number of benzene rings is 4. The van der Waals surface area contributed by atoms with Crippen LogP contribution in [0.15, 0.2) is 114 Å². The molecule has 0 heterocycles. The van der Waals surface area contributed by atoms with Crippen LogP contribution >= 0.6 is 23.2 Å². The van der Waals surface area contributed by atoms with Crippen LogP contribution in [-0.4, -0.2) is 0 Å². The van der Waals surface area contributed by atoms with E-state index in [1.54, 1.807) is 6.07 Å². The molecule has 0 amide bonds. The lowest BCUT2D eigenvalue weighted by Crippen LogP contribution is -2.32. The molecule has 28 heavy (non-hydrogen) atoms. The summed E-state index contributed by atoms with van der Waals surface area (Å²) in [6.07, 6.45) is 0.643. The summed E-state index contributed by atoms with van der Waals surface area (Å²) < 4.78 is 15.7. The normalized spacial score (nSPS) is 11.4. The number of hydrogen-bond donors (Lipinski definition) is 0. The van der Waals surface area contributed by atoms with Gasteiger partial charge in [0, 0.05) is 10.0 Å². The molecular weight excluding hydrogens is 430 g/mol. The molecule has 0 N–H and O–H groups in total. The standard InChI is InChI=1S/C25H20BrFP/c26-21-17-16-20(25(27)18-21)19-28(22-10-4-1-5-11-22,23-12-6-2-7-13-23)24-14-8-3-9-15-24/h1-18H,19H2/q+1. The Morgan fingerprint density at radius 3 is 1.43 bits per heavy atom. The maximum absolute atomic E-state index is 14.9. The smallest absolute Gasteiger partial charge is 0.131 e. The maximum atomic E-state index is 14.9. The van der Waals surface area contributed by atoms with Gasteiger partial charge in [-0.25, -0.2) is 4.39 Å². The molecule has 0 saturated carbocycles. The second-order valence-electron chi connectivity index (χ2n) is 6.71. The summed E-state index contributed by atoms with van der Waals surface area (Å²) >= 11 is 3.38. The average Bonchev–Trinajstić information content (AvgIpc) is 2.75. The summed E-state index contributed by atoms with van der Waals surface area (Å²) in [6, 6.07) is 37.1. The first-order valence-corrected chi connectivity index (χ1v) is 12.0. The zero-order valence-corrected chi connectivity index (χ0v) is 17.8. The van der Waals surface area contributed by atoms with E-state index in [2.05, 4.69) is 88.7 Å². The lowest BCUT2D eigenvalue weighted by Gasteiger charge is -2.28. The molecule has 0 aliphatic rings. The monoisotopic (exact) mass is 449 g/mol. The Labute approximate surface area is 174 Å². The largest absolute Gasteiger partial charge is 0.207 e. The molecule has 4 aromatic rings. The van der Waals surface area contributed by atoms with Crippen LogP contribution in [0.5, 0.6) is 0 Å². The molecule has 0 atom stereocenters. The minimum absolute atomic E-state index is 0.165. The lowest BCUT2D eigenvalue weighted by molar-refractivity contribution is 0.616. The Balaban J connectivity index is 2.01. The first kappa shape index (κ1) is 19.1. The van der Waals surface area contributed by atoms with Crippen LogP contribution in [0.2, 0.25) is 0 Å². The van der Waals surface area contributed by atoms with E-state index in [4.69, 9.17) is 0 Å². The van der Waals surface area contributed by atoms with Gasteiger partial charge in [0.15, 0.2) is 0 Å². The Bertz CT molecular complexity index is 953. The Morgan fingerprint density at radius 1 is 0.607 bits per heavy atom. The third-order valence-electron chi connectivity index (χ3n) is 5.01. The quantitative estimate of drug-likeness (QED) is 0.323. The molecule has 0 aliphatic heterocycles. The molecule has 0 spiro atoms. The van der Waals surface area contributed by atoms with Crippen molar-refractivity contribution in [2.75, 3.05) is 0 Å². The Hall–Kier alpha value is -2.28.